The van der Waals surface area contributed by atoms with Crippen molar-refractivity contribution in [2.75, 3.05) is 6.61 Å². The van der Waals surface area contributed by atoms with Crippen molar-refractivity contribution < 1.29 is 20.1 Å². The Morgan fingerprint density at radius 2 is 1.75 bits per heavy atom. The van der Waals surface area contributed by atoms with Gasteiger partial charge in [0, 0.05) is 0 Å². The molecule has 0 spiro atoms. The largest absolute Gasteiger partial charge is 0.394 e. The van der Waals surface area contributed by atoms with Crippen molar-refractivity contribution in [2.24, 2.45) is 11.5 Å². The molecule has 6 heteroatoms. The Labute approximate surface area is 69.7 Å². The maximum atomic E-state index is 9.32. The van der Waals surface area contributed by atoms with E-state index in [1.807, 2.05) is 0 Å². The van der Waals surface area contributed by atoms with Gasteiger partial charge in [0.25, 0.3) is 0 Å². The molecule has 0 radical (unpaired) electrons. The van der Waals surface area contributed by atoms with E-state index in [1.165, 1.54) is 0 Å². The fraction of sp³-hybridized carbons (Fsp3) is 1.00. The van der Waals surface area contributed by atoms with Crippen molar-refractivity contribution >= 4 is 0 Å². The van der Waals surface area contributed by atoms with Crippen molar-refractivity contribution in [2.45, 2.75) is 30.6 Å². The van der Waals surface area contributed by atoms with E-state index in [9.17, 15) is 5.11 Å². The fourth-order valence-electron chi connectivity index (χ4n) is 1.17. The molecular weight excluding hydrogens is 164 g/mol. The first kappa shape index (κ1) is 9.85. The molecule has 0 amide bonds. The summed E-state index contributed by atoms with van der Waals surface area (Å²) in [5.74, 6) is 0. The van der Waals surface area contributed by atoms with Gasteiger partial charge < -0.3 is 31.5 Å². The molecule has 1 rings (SSSR count). The van der Waals surface area contributed by atoms with Gasteiger partial charge in [-0.25, -0.2) is 0 Å². The summed E-state index contributed by atoms with van der Waals surface area (Å²) in [4.78, 5) is 0. The van der Waals surface area contributed by atoms with Gasteiger partial charge in [-0.2, -0.15) is 0 Å². The average molecular weight is 178 g/mol. The molecule has 6 nitrogen and oxygen atoms in total. The Kier molecular flexibility index (Phi) is 2.99. The topological polar surface area (TPSA) is 122 Å². The smallest absolute Gasteiger partial charge is 0.171 e. The summed E-state index contributed by atoms with van der Waals surface area (Å²) in [6.07, 6.45) is -3.11. The quantitative estimate of drug-likeness (QED) is 0.287. The number of hydrogen-bond acceptors (Lipinski definition) is 6. The van der Waals surface area contributed by atoms with Crippen molar-refractivity contribution in [3.8, 4) is 0 Å². The van der Waals surface area contributed by atoms with Gasteiger partial charge in [-0.15, -0.1) is 0 Å². The highest BCUT2D eigenvalue weighted by Crippen LogP contribution is 2.16. The van der Waals surface area contributed by atoms with E-state index in [2.05, 4.69) is 0 Å². The van der Waals surface area contributed by atoms with Crippen molar-refractivity contribution in [3.05, 3.63) is 0 Å². The van der Waals surface area contributed by atoms with Crippen molar-refractivity contribution in [1.29, 1.82) is 0 Å². The van der Waals surface area contributed by atoms with Crippen LogP contribution in [-0.4, -0.2) is 52.5 Å². The molecule has 0 bridgehead atoms. The first-order chi connectivity index (χ1) is 5.57. The summed E-state index contributed by atoms with van der Waals surface area (Å²) in [5.41, 5.74) is 10.8. The SMILES string of the molecule is N[C@@H]1[C@@H](N)[C@@H](O)O[C@H](CO)[C@H]1O. The molecule has 1 aliphatic heterocycles. The van der Waals surface area contributed by atoms with E-state index in [1.54, 1.807) is 0 Å². The first-order valence-electron chi connectivity index (χ1n) is 3.71. The van der Waals surface area contributed by atoms with Crippen LogP contribution in [0.15, 0.2) is 0 Å². The Morgan fingerprint density at radius 3 is 2.25 bits per heavy atom. The van der Waals surface area contributed by atoms with Crippen LogP contribution in [0.3, 0.4) is 0 Å². The van der Waals surface area contributed by atoms with Crippen LogP contribution >= 0.6 is 0 Å². The lowest BCUT2D eigenvalue weighted by molar-refractivity contribution is -0.221. The summed E-state index contributed by atoms with van der Waals surface area (Å²) >= 11 is 0. The van der Waals surface area contributed by atoms with Crippen LogP contribution in [0.1, 0.15) is 0 Å². The predicted molar refractivity (Wildman–Crippen MR) is 39.9 cm³/mol. The standard InChI is InChI=1S/C6H14N2O4/c7-3-4(8)6(11)12-2(1-9)5(3)10/h2-6,9-11H,1,7-8H2/t2-,3-,4-,5-,6+/m1/s1. The molecule has 1 fully saturated rings. The number of rotatable bonds is 1. The van der Waals surface area contributed by atoms with E-state index in [0.717, 1.165) is 0 Å². The molecule has 5 atom stereocenters. The average Bonchev–Trinajstić information content (AvgIpc) is 2.08. The van der Waals surface area contributed by atoms with Gasteiger partial charge in [-0.3, -0.25) is 0 Å². The molecule has 1 saturated heterocycles. The summed E-state index contributed by atoms with van der Waals surface area (Å²) in [6, 6.07) is -1.59. The molecule has 72 valence electrons. The minimum absolute atomic E-state index is 0.390. The van der Waals surface area contributed by atoms with Gasteiger partial charge in [-0.05, 0) is 0 Å². The molecule has 1 heterocycles. The lowest BCUT2D eigenvalue weighted by atomic mass is 9.96. The zero-order chi connectivity index (χ0) is 9.30. The van der Waals surface area contributed by atoms with Crippen LogP contribution in [0.25, 0.3) is 0 Å². The van der Waals surface area contributed by atoms with Gasteiger partial charge in [0.1, 0.15) is 6.10 Å². The summed E-state index contributed by atoms with van der Waals surface area (Å²) in [7, 11) is 0. The first-order valence-corrected chi connectivity index (χ1v) is 3.71. The Bertz CT molecular complexity index is 152. The number of aliphatic hydroxyl groups is 3. The van der Waals surface area contributed by atoms with Gasteiger partial charge >= 0.3 is 0 Å². The highest BCUT2D eigenvalue weighted by molar-refractivity contribution is 4.93. The minimum Gasteiger partial charge on any atom is -0.394 e. The second-order valence-electron chi connectivity index (χ2n) is 2.89. The third kappa shape index (κ3) is 1.58. The van der Waals surface area contributed by atoms with Crippen LogP contribution in [0, 0.1) is 0 Å². The molecule has 0 aromatic heterocycles. The minimum atomic E-state index is -1.22. The highest BCUT2D eigenvalue weighted by Gasteiger charge is 2.40. The Morgan fingerprint density at radius 1 is 1.17 bits per heavy atom. The Hall–Kier alpha value is -0.240. The van der Waals surface area contributed by atoms with Gasteiger partial charge in [-0.1, -0.05) is 0 Å². The maximum absolute atomic E-state index is 9.32. The van der Waals surface area contributed by atoms with Crippen molar-refractivity contribution in [3.63, 3.8) is 0 Å². The fourth-order valence-corrected chi connectivity index (χ4v) is 1.17. The number of nitrogens with two attached hydrogens (primary N) is 2. The lowest BCUT2D eigenvalue weighted by Gasteiger charge is -2.38. The molecule has 0 unspecified atom stereocenters. The molecule has 0 saturated carbocycles. The monoisotopic (exact) mass is 178 g/mol. The van der Waals surface area contributed by atoms with Gasteiger partial charge in [0.2, 0.25) is 0 Å². The summed E-state index contributed by atoms with van der Waals surface area (Å²) < 4.78 is 4.78. The van der Waals surface area contributed by atoms with E-state index >= 15 is 0 Å². The zero-order valence-electron chi connectivity index (χ0n) is 6.50. The van der Waals surface area contributed by atoms with E-state index in [0.29, 0.717) is 0 Å². The predicted octanol–water partition coefficient (Wildman–Crippen LogP) is -3.29. The second-order valence-corrected chi connectivity index (χ2v) is 2.89. The van der Waals surface area contributed by atoms with Gasteiger partial charge in [0.15, 0.2) is 6.29 Å². The van der Waals surface area contributed by atoms with Gasteiger partial charge in [0.05, 0.1) is 24.8 Å². The van der Waals surface area contributed by atoms with E-state index in [-0.39, 0.29) is 0 Å². The molecule has 7 N–H and O–H groups in total. The number of hydrogen-bond donors (Lipinski definition) is 5. The summed E-state index contributed by atoms with van der Waals surface area (Å²) in [5, 5.41) is 27.1. The zero-order valence-corrected chi connectivity index (χ0v) is 6.50. The highest BCUT2D eigenvalue weighted by atomic mass is 16.6. The number of ether oxygens (including phenoxy) is 1. The normalized spacial score (nSPS) is 49.2. The number of aliphatic hydroxyl groups excluding tert-OH is 3. The lowest BCUT2D eigenvalue weighted by Crippen LogP contribution is -2.65. The van der Waals surface area contributed by atoms with E-state index < -0.39 is 37.2 Å². The molecule has 0 aromatic rings. The van der Waals surface area contributed by atoms with Crippen LogP contribution in [0.2, 0.25) is 0 Å². The third-order valence-corrected chi connectivity index (χ3v) is 2.04. The van der Waals surface area contributed by atoms with Crippen LogP contribution in [0.4, 0.5) is 0 Å². The molecule has 1 aliphatic rings. The molecule has 0 aliphatic carbocycles. The van der Waals surface area contributed by atoms with Crippen LogP contribution in [-0.2, 0) is 4.74 Å². The maximum Gasteiger partial charge on any atom is 0.171 e. The third-order valence-electron chi connectivity index (χ3n) is 2.04. The Balaban J connectivity index is 2.63. The van der Waals surface area contributed by atoms with Crippen molar-refractivity contribution in [1.82, 2.24) is 0 Å². The molecule has 0 aromatic carbocycles. The van der Waals surface area contributed by atoms with Crippen LogP contribution in [0.5, 0.6) is 0 Å². The summed E-state index contributed by atoms with van der Waals surface area (Å²) in [6.45, 7) is -0.390. The second kappa shape index (κ2) is 3.65. The molecular formula is C6H14N2O4. The molecule has 12 heavy (non-hydrogen) atoms. The van der Waals surface area contributed by atoms with E-state index in [4.69, 9.17) is 26.4 Å². The van der Waals surface area contributed by atoms with Crippen LogP contribution < -0.4 is 11.5 Å².